The Bertz CT molecular complexity index is 1130. The number of benzene rings is 3. The normalized spacial score (nSPS) is 11.8. The fourth-order valence-electron chi connectivity index (χ4n) is 2.59. The first kappa shape index (κ1) is 23.7. The molecule has 32 heavy (non-hydrogen) atoms. The van der Waals surface area contributed by atoms with Crippen LogP contribution in [0.15, 0.2) is 80.8 Å². The summed E-state index contributed by atoms with van der Waals surface area (Å²) in [4.78, 5) is 24.8. The summed E-state index contributed by atoms with van der Waals surface area (Å²) in [6.07, 6.45) is 0.655. The Hall–Kier alpha value is -2.97. The average molecular weight is 560 g/mol. The lowest BCUT2D eigenvalue weighted by Gasteiger charge is -2.13. The molecule has 164 valence electrons. The number of hydrazone groups is 1. The van der Waals surface area contributed by atoms with E-state index >= 15 is 0 Å². The van der Waals surface area contributed by atoms with E-state index in [1.54, 1.807) is 49.4 Å². The lowest BCUT2D eigenvalue weighted by molar-refractivity contribution is -0.127. The van der Waals surface area contributed by atoms with Crippen molar-refractivity contribution < 1.29 is 19.1 Å². The van der Waals surface area contributed by atoms with Crippen LogP contribution in [0.3, 0.4) is 0 Å². The first-order chi connectivity index (χ1) is 15.3. The van der Waals surface area contributed by atoms with Gasteiger partial charge in [0.25, 0.3) is 5.91 Å². The maximum absolute atomic E-state index is 12.5. The number of halogens is 2. The molecule has 0 radical (unpaired) electrons. The lowest BCUT2D eigenvalue weighted by Crippen LogP contribution is -2.33. The minimum atomic E-state index is -0.755. The van der Waals surface area contributed by atoms with Crippen LogP contribution < -0.4 is 14.9 Å². The molecule has 8 heteroatoms. The molecule has 0 spiro atoms. The molecule has 3 aromatic rings. The summed E-state index contributed by atoms with van der Waals surface area (Å²) >= 11 is 6.74. The summed E-state index contributed by atoms with van der Waals surface area (Å²) in [5, 5.41) is 3.99. The Labute approximate surface area is 202 Å². The van der Waals surface area contributed by atoms with Gasteiger partial charge in [0.2, 0.25) is 0 Å². The number of carbonyl (C=O) groups is 2. The Morgan fingerprint density at radius 1 is 0.969 bits per heavy atom. The number of hydrogen-bond donors (Lipinski definition) is 1. The highest BCUT2D eigenvalue weighted by Gasteiger charge is 2.15. The van der Waals surface area contributed by atoms with Crippen LogP contribution >= 0.6 is 31.9 Å². The molecule has 0 saturated heterocycles. The predicted octanol–water partition coefficient (Wildman–Crippen LogP) is 5.66. The van der Waals surface area contributed by atoms with E-state index in [0.29, 0.717) is 22.6 Å². The monoisotopic (exact) mass is 558 g/mol. The Kier molecular flexibility index (Phi) is 8.19. The van der Waals surface area contributed by atoms with E-state index in [0.717, 1.165) is 14.5 Å². The van der Waals surface area contributed by atoms with Gasteiger partial charge >= 0.3 is 5.97 Å². The third-order valence-corrected chi connectivity index (χ3v) is 5.36. The number of carbonyl (C=O) groups excluding carboxylic acids is 2. The second-order valence-electron chi connectivity index (χ2n) is 6.89. The number of esters is 1. The SMILES string of the molecule is Cc1ccc(C(=O)Oc2ccc(Br)cc2/C=N\NC(=O)[C@@H](C)Oc2ccc(Br)cc2)cc1. The van der Waals surface area contributed by atoms with Gasteiger partial charge in [-0.1, -0.05) is 49.6 Å². The first-order valence-corrected chi connectivity index (χ1v) is 11.2. The summed E-state index contributed by atoms with van der Waals surface area (Å²) in [6, 6.07) is 19.4. The number of nitrogens with zero attached hydrogens (tertiary/aromatic N) is 1. The maximum Gasteiger partial charge on any atom is 0.343 e. The van der Waals surface area contributed by atoms with Crippen LogP contribution in [-0.4, -0.2) is 24.2 Å². The van der Waals surface area contributed by atoms with Gasteiger partial charge in [-0.15, -0.1) is 0 Å². The van der Waals surface area contributed by atoms with Crippen molar-refractivity contribution in [2.45, 2.75) is 20.0 Å². The topological polar surface area (TPSA) is 77.0 Å². The maximum atomic E-state index is 12.5. The summed E-state index contributed by atoms with van der Waals surface area (Å²) < 4.78 is 12.8. The zero-order valence-corrected chi connectivity index (χ0v) is 20.5. The summed E-state index contributed by atoms with van der Waals surface area (Å²) in [5.74, 6) is -0.0204. The highest BCUT2D eigenvalue weighted by atomic mass is 79.9. The van der Waals surface area contributed by atoms with Crippen LogP contribution in [-0.2, 0) is 4.79 Å². The van der Waals surface area contributed by atoms with Crippen molar-refractivity contribution in [1.82, 2.24) is 5.43 Å². The third kappa shape index (κ3) is 6.77. The third-order valence-electron chi connectivity index (χ3n) is 4.34. The molecule has 3 rings (SSSR count). The van der Waals surface area contributed by atoms with Crippen LogP contribution in [0.5, 0.6) is 11.5 Å². The van der Waals surface area contributed by atoms with Gasteiger partial charge in [-0.25, -0.2) is 10.2 Å². The molecule has 0 aliphatic rings. The smallest absolute Gasteiger partial charge is 0.343 e. The van der Waals surface area contributed by atoms with Crippen molar-refractivity contribution in [2.24, 2.45) is 5.10 Å². The Morgan fingerprint density at radius 2 is 1.62 bits per heavy atom. The van der Waals surface area contributed by atoms with Gasteiger partial charge in [-0.05, 0) is 68.4 Å². The van der Waals surface area contributed by atoms with Crippen LogP contribution in [0, 0.1) is 6.92 Å². The molecule has 6 nitrogen and oxygen atoms in total. The second-order valence-corrected chi connectivity index (χ2v) is 8.72. The highest BCUT2D eigenvalue weighted by Crippen LogP contribution is 2.23. The van der Waals surface area contributed by atoms with Gasteiger partial charge in [-0.2, -0.15) is 5.10 Å². The number of ether oxygens (including phenoxy) is 2. The number of nitrogens with one attached hydrogen (secondary N) is 1. The molecule has 1 amide bonds. The van der Waals surface area contributed by atoms with Crippen molar-refractivity contribution >= 4 is 50.0 Å². The fourth-order valence-corrected chi connectivity index (χ4v) is 3.23. The molecule has 0 aromatic heterocycles. The molecule has 1 atom stereocenters. The summed E-state index contributed by atoms with van der Waals surface area (Å²) in [5.41, 5.74) is 4.44. The van der Waals surface area contributed by atoms with Crippen LogP contribution in [0.25, 0.3) is 0 Å². The van der Waals surface area contributed by atoms with Crippen molar-refractivity contribution in [2.75, 3.05) is 0 Å². The van der Waals surface area contributed by atoms with Gasteiger partial charge in [-0.3, -0.25) is 4.79 Å². The second kappa shape index (κ2) is 11.1. The van der Waals surface area contributed by atoms with Gasteiger partial charge in [0.1, 0.15) is 11.5 Å². The van der Waals surface area contributed by atoms with Gasteiger partial charge in [0.15, 0.2) is 6.10 Å². The van der Waals surface area contributed by atoms with E-state index in [1.807, 2.05) is 31.2 Å². The Morgan fingerprint density at radius 3 is 2.31 bits per heavy atom. The number of aryl methyl sites for hydroxylation is 1. The molecule has 0 unspecified atom stereocenters. The van der Waals surface area contributed by atoms with E-state index in [2.05, 4.69) is 42.4 Å². The molecule has 3 aromatic carbocycles. The average Bonchev–Trinajstić information content (AvgIpc) is 2.77. The number of rotatable bonds is 7. The van der Waals surface area contributed by atoms with Gasteiger partial charge < -0.3 is 9.47 Å². The van der Waals surface area contributed by atoms with E-state index in [4.69, 9.17) is 9.47 Å². The highest BCUT2D eigenvalue weighted by molar-refractivity contribution is 9.10. The first-order valence-electron chi connectivity index (χ1n) is 9.65. The van der Waals surface area contributed by atoms with E-state index in [-0.39, 0.29) is 0 Å². The van der Waals surface area contributed by atoms with E-state index in [9.17, 15) is 9.59 Å². The minimum Gasteiger partial charge on any atom is -0.481 e. The molecule has 0 aliphatic carbocycles. The molecule has 0 bridgehead atoms. The summed E-state index contributed by atoms with van der Waals surface area (Å²) in [7, 11) is 0. The molecule has 0 heterocycles. The largest absolute Gasteiger partial charge is 0.481 e. The zero-order valence-electron chi connectivity index (χ0n) is 17.3. The van der Waals surface area contributed by atoms with Gasteiger partial charge in [0.05, 0.1) is 11.8 Å². The van der Waals surface area contributed by atoms with Crippen molar-refractivity contribution in [3.63, 3.8) is 0 Å². The fraction of sp³-hybridized carbons (Fsp3) is 0.125. The predicted molar refractivity (Wildman–Crippen MR) is 130 cm³/mol. The van der Waals surface area contributed by atoms with E-state index in [1.165, 1.54) is 6.21 Å². The van der Waals surface area contributed by atoms with Crippen LogP contribution in [0.1, 0.15) is 28.4 Å². The number of amides is 1. The quantitative estimate of drug-likeness (QED) is 0.175. The molecule has 0 aliphatic heterocycles. The molecular weight excluding hydrogens is 540 g/mol. The summed E-state index contributed by atoms with van der Waals surface area (Å²) in [6.45, 7) is 3.57. The molecule has 0 fully saturated rings. The molecule has 1 N–H and O–H groups in total. The van der Waals surface area contributed by atoms with Crippen molar-refractivity contribution in [3.8, 4) is 11.5 Å². The number of hydrogen-bond acceptors (Lipinski definition) is 5. The lowest BCUT2D eigenvalue weighted by atomic mass is 10.1. The Balaban J connectivity index is 1.65. The van der Waals surface area contributed by atoms with Crippen LogP contribution in [0.4, 0.5) is 0 Å². The molecular formula is C24H20Br2N2O4. The standard InChI is InChI=1S/C24H20Br2N2O4/c1-15-3-5-17(6-4-15)24(30)32-22-12-9-20(26)13-18(22)14-27-28-23(29)16(2)31-21-10-7-19(25)8-11-21/h3-14,16H,1-2H3,(H,28,29)/b27-14-/t16-/m1/s1. The van der Waals surface area contributed by atoms with Crippen molar-refractivity contribution in [3.05, 3.63) is 92.4 Å². The minimum absolute atomic E-state index is 0.316. The molecule has 0 saturated carbocycles. The van der Waals surface area contributed by atoms with Crippen molar-refractivity contribution in [1.29, 1.82) is 0 Å². The van der Waals surface area contributed by atoms with Crippen LogP contribution in [0.2, 0.25) is 0 Å². The van der Waals surface area contributed by atoms with E-state index < -0.39 is 18.0 Å². The zero-order chi connectivity index (χ0) is 23.1. The van der Waals surface area contributed by atoms with Gasteiger partial charge in [0, 0.05) is 14.5 Å².